The molecule has 4 heterocycles. The molecule has 0 saturated carbocycles. The number of nitrogens with zero attached hydrogens (tertiary/aromatic N) is 4. The minimum Gasteiger partial charge on any atom is -0.384 e. The Bertz CT molecular complexity index is 1540. The van der Waals surface area contributed by atoms with Crippen LogP contribution in [-0.2, 0) is 6.42 Å². The molecule has 7 nitrogen and oxygen atoms in total. The molecule has 0 bridgehead atoms. The molecule has 0 spiro atoms. The number of aryl methyl sites for hydroxylation is 2. The Kier molecular flexibility index (Phi) is 10.2. The third-order valence-corrected chi connectivity index (χ3v) is 8.81. The third kappa shape index (κ3) is 6.59. The van der Waals surface area contributed by atoms with Gasteiger partial charge in [0.2, 0.25) is 0 Å². The molecular formula is C35H46FN5O2. The van der Waals surface area contributed by atoms with Crippen molar-refractivity contribution in [2.45, 2.75) is 72.8 Å². The number of anilines is 1. The van der Waals surface area contributed by atoms with Gasteiger partial charge in [-0.05, 0) is 101 Å². The molecule has 2 aromatic heterocycles. The van der Waals surface area contributed by atoms with Gasteiger partial charge >= 0.3 is 0 Å². The minimum absolute atomic E-state index is 0.0159. The Morgan fingerprint density at radius 3 is 2.51 bits per heavy atom. The van der Waals surface area contributed by atoms with Gasteiger partial charge in [0.05, 0.1) is 5.69 Å². The Morgan fingerprint density at radius 2 is 1.86 bits per heavy atom. The first-order valence-corrected chi connectivity index (χ1v) is 15.4. The van der Waals surface area contributed by atoms with Crippen LogP contribution in [0, 0.1) is 19.7 Å². The van der Waals surface area contributed by atoms with Gasteiger partial charge in [-0.15, -0.1) is 0 Å². The van der Waals surface area contributed by atoms with Crippen LogP contribution in [0.1, 0.15) is 84.8 Å². The Labute approximate surface area is 255 Å². The van der Waals surface area contributed by atoms with E-state index in [9.17, 15) is 9.59 Å². The Morgan fingerprint density at radius 1 is 1.16 bits per heavy atom. The zero-order chi connectivity index (χ0) is 31.4. The summed E-state index contributed by atoms with van der Waals surface area (Å²) in [5.41, 5.74) is 7.60. The first-order valence-electron chi connectivity index (χ1n) is 15.4. The molecule has 0 aliphatic carbocycles. The second kappa shape index (κ2) is 13.7. The lowest BCUT2D eigenvalue weighted by molar-refractivity contribution is 0.0827. The number of aromatic nitrogens is 2. The van der Waals surface area contributed by atoms with Crippen LogP contribution >= 0.6 is 0 Å². The SMILES string of the molecule is C/C(=C\c1c(-n2ccc3c(c2=O)CCN3)ccnc1C)C(C)N1CCC(c2c(C)cc(C(=O)N(C)C)cc2F)CC1.CC. The molecule has 230 valence electrons. The molecule has 1 amide bonds. The van der Waals surface area contributed by atoms with Gasteiger partial charge in [-0.3, -0.25) is 24.0 Å². The highest BCUT2D eigenvalue weighted by molar-refractivity contribution is 5.94. The summed E-state index contributed by atoms with van der Waals surface area (Å²) in [6.07, 6.45) is 8.21. The summed E-state index contributed by atoms with van der Waals surface area (Å²) in [6.45, 7) is 14.7. The van der Waals surface area contributed by atoms with Crippen LogP contribution in [0.15, 0.2) is 47.0 Å². The van der Waals surface area contributed by atoms with Gasteiger partial charge in [-0.25, -0.2) is 4.39 Å². The number of carbonyl (C=O) groups excluding carboxylic acids is 1. The number of piperidine rings is 1. The van der Waals surface area contributed by atoms with Gasteiger partial charge in [0.15, 0.2) is 0 Å². The van der Waals surface area contributed by atoms with Crippen molar-refractivity contribution in [2.75, 3.05) is 39.0 Å². The highest BCUT2D eigenvalue weighted by Gasteiger charge is 2.28. The minimum atomic E-state index is -0.282. The molecule has 0 radical (unpaired) electrons. The van der Waals surface area contributed by atoms with Crippen molar-refractivity contribution < 1.29 is 9.18 Å². The molecule has 1 fully saturated rings. The van der Waals surface area contributed by atoms with E-state index in [2.05, 4.69) is 35.1 Å². The topological polar surface area (TPSA) is 70.5 Å². The van der Waals surface area contributed by atoms with Crippen molar-refractivity contribution in [1.82, 2.24) is 19.4 Å². The van der Waals surface area contributed by atoms with Crippen LogP contribution in [0.3, 0.4) is 0 Å². The second-order valence-corrected chi connectivity index (χ2v) is 11.7. The quantitative estimate of drug-likeness (QED) is 0.364. The number of fused-ring (bicyclic) bond motifs is 1. The van der Waals surface area contributed by atoms with Crippen LogP contribution in [0.4, 0.5) is 10.1 Å². The van der Waals surface area contributed by atoms with Crippen molar-refractivity contribution in [2.24, 2.45) is 0 Å². The van der Waals surface area contributed by atoms with E-state index in [1.54, 1.807) is 24.9 Å². The van der Waals surface area contributed by atoms with E-state index in [-0.39, 0.29) is 29.2 Å². The van der Waals surface area contributed by atoms with E-state index in [0.29, 0.717) is 5.56 Å². The van der Waals surface area contributed by atoms with E-state index < -0.39 is 0 Å². The summed E-state index contributed by atoms with van der Waals surface area (Å²) >= 11 is 0. The zero-order valence-corrected chi connectivity index (χ0v) is 26.9. The predicted octanol–water partition coefficient (Wildman–Crippen LogP) is 6.36. The standard InChI is InChI=1S/C33H40FN5O2.C2H6/c1-20(18-27-22(3)35-13-8-30(27)39-16-11-29-26(33(39)41)7-12-36-29)23(4)38-14-9-24(10-15-38)31-21(2)17-25(19-28(31)34)32(40)37(5)6;1-2/h8,11,13,16-19,23-24,36H,7,9-10,12,14-15H2,1-6H3;1-2H3/b20-18+;. The number of halogens is 1. The second-order valence-electron chi connectivity index (χ2n) is 11.7. The van der Waals surface area contributed by atoms with Crippen molar-refractivity contribution in [3.05, 3.63) is 91.9 Å². The van der Waals surface area contributed by atoms with Gasteiger partial charge in [0, 0.05) is 67.1 Å². The number of carbonyl (C=O) groups is 1. The van der Waals surface area contributed by atoms with Gasteiger partial charge in [-0.1, -0.05) is 25.5 Å². The summed E-state index contributed by atoms with van der Waals surface area (Å²) in [7, 11) is 3.36. The number of likely N-dealkylation sites (tertiary alicyclic amines) is 1. The van der Waals surface area contributed by atoms with Crippen LogP contribution < -0.4 is 10.9 Å². The average Bonchev–Trinajstić information content (AvgIpc) is 3.49. The fourth-order valence-corrected chi connectivity index (χ4v) is 6.32. The maximum Gasteiger partial charge on any atom is 0.260 e. The molecule has 3 aromatic rings. The molecule has 8 heteroatoms. The van der Waals surface area contributed by atoms with Gasteiger partial charge in [0.25, 0.3) is 11.5 Å². The molecule has 5 rings (SSSR count). The smallest absolute Gasteiger partial charge is 0.260 e. The van der Waals surface area contributed by atoms with E-state index in [1.165, 1.54) is 16.5 Å². The molecule has 1 aromatic carbocycles. The molecule has 1 atom stereocenters. The third-order valence-electron chi connectivity index (χ3n) is 8.81. The molecular weight excluding hydrogens is 541 g/mol. The van der Waals surface area contributed by atoms with E-state index in [4.69, 9.17) is 0 Å². The largest absolute Gasteiger partial charge is 0.384 e. The number of rotatable bonds is 6. The van der Waals surface area contributed by atoms with Gasteiger partial charge in [-0.2, -0.15) is 0 Å². The predicted molar refractivity (Wildman–Crippen MR) is 174 cm³/mol. The van der Waals surface area contributed by atoms with Gasteiger partial charge in [0.1, 0.15) is 5.82 Å². The molecule has 1 N–H and O–H groups in total. The number of benzene rings is 1. The zero-order valence-electron chi connectivity index (χ0n) is 26.9. The maximum absolute atomic E-state index is 15.2. The highest BCUT2D eigenvalue weighted by atomic mass is 19.1. The molecule has 2 aliphatic rings. The van der Waals surface area contributed by atoms with Crippen LogP contribution in [0.2, 0.25) is 0 Å². The summed E-state index contributed by atoms with van der Waals surface area (Å²) in [5.74, 6) is -0.343. The monoisotopic (exact) mass is 587 g/mol. The maximum atomic E-state index is 15.2. The van der Waals surface area contributed by atoms with Crippen LogP contribution in [-0.4, -0.2) is 65.0 Å². The summed E-state index contributed by atoms with van der Waals surface area (Å²) in [5, 5.41) is 3.28. The fourth-order valence-electron chi connectivity index (χ4n) is 6.32. The van der Waals surface area contributed by atoms with Crippen molar-refractivity contribution in [1.29, 1.82) is 0 Å². The summed E-state index contributed by atoms with van der Waals surface area (Å²) < 4.78 is 17.0. The van der Waals surface area contributed by atoms with Crippen LogP contribution in [0.5, 0.6) is 0 Å². The number of hydrogen-bond acceptors (Lipinski definition) is 5. The van der Waals surface area contributed by atoms with Crippen molar-refractivity contribution in [3.8, 4) is 5.69 Å². The normalized spacial score (nSPS) is 16.2. The molecule has 1 saturated heterocycles. The van der Waals surface area contributed by atoms with Crippen molar-refractivity contribution in [3.63, 3.8) is 0 Å². The summed E-state index contributed by atoms with van der Waals surface area (Å²) in [6, 6.07) is 7.27. The number of nitrogens with one attached hydrogen (secondary N) is 1. The van der Waals surface area contributed by atoms with Crippen molar-refractivity contribution >= 4 is 17.7 Å². The number of hydrogen-bond donors (Lipinski definition) is 1. The first-order chi connectivity index (χ1) is 20.6. The lowest BCUT2D eigenvalue weighted by atomic mass is 9.85. The summed E-state index contributed by atoms with van der Waals surface area (Å²) in [4.78, 5) is 34.1. The van der Waals surface area contributed by atoms with E-state index in [1.807, 2.05) is 52.1 Å². The lowest BCUT2D eigenvalue weighted by Gasteiger charge is -2.37. The lowest BCUT2D eigenvalue weighted by Crippen LogP contribution is -2.40. The Balaban J connectivity index is 0.00000207. The van der Waals surface area contributed by atoms with E-state index >= 15 is 4.39 Å². The molecule has 1 unspecified atom stereocenters. The average molecular weight is 588 g/mol. The first kappa shape index (κ1) is 32.1. The van der Waals surface area contributed by atoms with E-state index in [0.717, 1.165) is 78.2 Å². The molecule has 43 heavy (non-hydrogen) atoms. The number of amides is 1. The fraction of sp³-hybridized carbons (Fsp3) is 0.457. The highest BCUT2D eigenvalue weighted by Crippen LogP contribution is 2.34. The Hall–Kier alpha value is -3.78. The molecule has 2 aliphatic heterocycles. The number of pyridine rings is 2. The van der Waals surface area contributed by atoms with Crippen LogP contribution in [0.25, 0.3) is 11.8 Å². The van der Waals surface area contributed by atoms with Gasteiger partial charge < -0.3 is 10.2 Å².